The maximum absolute atomic E-state index is 12.8. The fraction of sp³-hybridized carbons (Fsp3) is 0.526. The molecule has 1 spiro atoms. The molecule has 0 aromatic heterocycles. The van der Waals surface area contributed by atoms with Crippen molar-refractivity contribution in [1.82, 2.24) is 15.5 Å². The second-order valence-corrected chi connectivity index (χ2v) is 8.12. The molecular weight excluding hydrogens is 389 g/mol. The van der Waals surface area contributed by atoms with Gasteiger partial charge in [-0.25, -0.2) is 4.79 Å². The molecule has 2 atom stereocenters. The van der Waals surface area contributed by atoms with E-state index in [9.17, 15) is 14.4 Å². The van der Waals surface area contributed by atoms with Gasteiger partial charge in [-0.1, -0.05) is 49.0 Å². The molecule has 1 aliphatic heterocycles. The van der Waals surface area contributed by atoms with Crippen LogP contribution in [0.1, 0.15) is 38.2 Å². The second kappa shape index (κ2) is 8.07. The van der Waals surface area contributed by atoms with Crippen LogP contribution in [0.15, 0.2) is 18.2 Å². The minimum Gasteiger partial charge on any atom is -0.354 e. The van der Waals surface area contributed by atoms with Crippen molar-refractivity contribution in [2.24, 2.45) is 5.92 Å². The van der Waals surface area contributed by atoms with Crippen LogP contribution in [0.5, 0.6) is 0 Å². The highest BCUT2D eigenvalue weighted by Crippen LogP contribution is 2.38. The van der Waals surface area contributed by atoms with E-state index in [1.165, 1.54) is 0 Å². The summed E-state index contributed by atoms with van der Waals surface area (Å²) in [6, 6.07) is 4.72. The Balaban J connectivity index is 1.54. The minimum absolute atomic E-state index is 0.0720. The number of benzene rings is 1. The molecule has 0 unspecified atom stereocenters. The lowest BCUT2D eigenvalue weighted by molar-refractivity contribution is -0.137. The summed E-state index contributed by atoms with van der Waals surface area (Å²) >= 11 is 12.0. The summed E-state index contributed by atoms with van der Waals surface area (Å²) < 4.78 is 0. The van der Waals surface area contributed by atoms with Crippen LogP contribution in [-0.4, -0.2) is 41.4 Å². The highest BCUT2D eigenvalue weighted by Gasteiger charge is 2.55. The van der Waals surface area contributed by atoms with Crippen molar-refractivity contribution in [3.8, 4) is 0 Å². The Bertz CT molecular complexity index is 771. The van der Waals surface area contributed by atoms with Crippen LogP contribution in [0.25, 0.3) is 0 Å². The smallest absolute Gasteiger partial charge is 0.325 e. The number of hydrogen-bond donors (Lipinski definition) is 2. The average molecular weight is 412 g/mol. The summed E-state index contributed by atoms with van der Waals surface area (Å²) in [6.07, 6.45) is 4.01. The fourth-order valence-corrected chi connectivity index (χ4v) is 4.40. The van der Waals surface area contributed by atoms with Gasteiger partial charge in [0.05, 0.1) is 0 Å². The summed E-state index contributed by atoms with van der Waals surface area (Å²) in [5.74, 6) is -0.581. The van der Waals surface area contributed by atoms with E-state index in [1.54, 1.807) is 12.1 Å². The van der Waals surface area contributed by atoms with Crippen LogP contribution < -0.4 is 10.6 Å². The lowest BCUT2D eigenvalue weighted by Crippen LogP contribution is -2.54. The van der Waals surface area contributed by atoms with Crippen LogP contribution in [0.3, 0.4) is 0 Å². The predicted molar refractivity (Wildman–Crippen MR) is 104 cm³/mol. The fourth-order valence-electron chi connectivity index (χ4n) is 3.90. The molecule has 3 rings (SSSR count). The molecule has 1 aromatic carbocycles. The number of urea groups is 1. The summed E-state index contributed by atoms with van der Waals surface area (Å²) in [4.78, 5) is 38.4. The molecule has 2 fully saturated rings. The summed E-state index contributed by atoms with van der Waals surface area (Å²) in [6.45, 7) is 2.07. The van der Waals surface area contributed by atoms with Gasteiger partial charge in [-0.2, -0.15) is 0 Å². The van der Waals surface area contributed by atoms with E-state index >= 15 is 0 Å². The monoisotopic (exact) mass is 411 g/mol. The molecule has 27 heavy (non-hydrogen) atoms. The van der Waals surface area contributed by atoms with E-state index in [0.29, 0.717) is 29.4 Å². The van der Waals surface area contributed by atoms with Crippen molar-refractivity contribution >= 4 is 41.0 Å². The molecule has 0 radical (unpaired) electrons. The van der Waals surface area contributed by atoms with Gasteiger partial charge in [0.2, 0.25) is 5.91 Å². The standard InChI is InChI=1S/C19H23Cl2N3O3/c1-12-4-2-3-8-19(12)17(26)24(18(27)23-19)11-16(25)22-9-7-13-5-6-14(20)10-15(13)21/h5-6,10,12H,2-4,7-9,11H2,1H3,(H,22,25)(H,23,27)/t12-,19-/m1/s1. The van der Waals surface area contributed by atoms with E-state index in [0.717, 1.165) is 29.7 Å². The summed E-state index contributed by atoms with van der Waals surface area (Å²) in [7, 11) is 0. The van der Waals surface area contributed by atoms with Crippen LogP contribution in [0.2, 0.25) is 10.0 Å². The number of nitrogens with zero attached hydrogens (tertiary/aromatic N) is 1. The highest BCUT2D eigenvalue weighted by molar-refractivity contribution is 6.35. The number of carbonyl (C=O) groups is 3. The van der Waals surface area contributed by atoms with Gasteiger partial charge in [0.15, 0.2) is 0 Å². The Morgan fingerprint density at radius 2 is 2.11 bits per heavy atom. The number of nitrogens with one attached hydrogen (secondary N) is 2. The quantitative estimate of drug-likeness (QED) is 0.730. The van der Waals surface area contributed by atoms with Crippen LogP contribution in [0.4, 0.5) is 4.79 Å². The highest BCUT2D eigenvalue weighted by atomic mass is 35.5. The molecule has 0 bridgehead atoms. The van der Waals surface area contributed by atoms with E-state index in [-0.39, 0.29) is 24.3 Å². The largest absolute Gasteiger partial charge is 0.354 e. The molecule has 1 saturated heterocycles. The Morgan fingerprint density at radius 3 is 2.81 bits per heavy atom. The topological polar surface area (TPSA) is 78.5 Å². The number of halogens is 2. The lowest BCUT2D eigenvalue weighted by Gasteiger charge is -2.36. The van der Waals surface area contributed by atoms with Gasteiger partial charge in [0.25, 0.3) is 5.91 Å². The molecule has 6 nitrogen and oxygen atoms in total. The number of imide groups is 1. The zero-order valence-corrected chi connectivity index (χ0v) is 16.7. The molecule has 1 saturated carbocycles. The molecule has 146 valence electrons. The third-order valence-electron chi connectivity index (χ3n) is 5.53. The van der Waals surface area contributed by atoms with Gasteiger partial charge >= 0.3 is 6.03 Å². The first-order valence-corrected chi connectivity index (χ1v) is 9.94. The first-order chi connectivity index (χ1) is 12.8. The third kappa shape index (κ3) is 4.06. The molecule has 4 amide bonds. The van der Waals surface area contributed by atoms with Gasteiger partial charge in [-0.15, -0.1) is 0 Å². The maximum atomic E-state index is 12.8. The minimum atomic E-state index is -0.841. The van der Waals surface area contributed by atoms with E-state index in [2.05, 4.69) is 10.6 Å². The Kier molecular flexibility index (Phi) is 5.96. The molecule has 2 N–H and O–H groups in total. The molecule has 1 heterocycles. The lowest BCUT2D eigenvalue weighted by atomic mass is 9.73. The van der Waals surface area contributed by atoms with Crippen LogP contribution in [0, 0.1) is 5.92 Å². The van der Waals surface area contributed by atoms with Crippen molar-refractivity contribution in [1.29, 1.82) is 0 Å². The van der Waals surface area contributed by atoms with Crippen molar-refractivity contribution in [2.45, 2.75) is 44.6 Å². The normalized spacial score (nSPS) is 25.0. The first kappa shape index (κ1) is 20.0. The second-order valence-electron chi connectivity index (χ2n) is 7.28. The Labute approximate surface area is 168 Å². The van der Waals surface area contributed by atoms with Crippen molar-refractivity contribution in [3.63, 3.8) is 0 Å². The Hall–Kier alpha value is -1.79. The molecule has 1 aromatic rings. The number of amides is 4. The Morgan fingerprint density at radius 1 is 1.33 bits per heavy atom. The van der Waals surface area contributed by atoms with Crippen molar-refractivity contribution < 1.29 is 14.4 Å². The van der Waals surface area contributed by atoms with E-state index < -0.39 is 11.6 Å². The molecule has 2 aliphatic rings. The molecular formula is C19H23Cl2N3O3. The van der Waals surface area contributed by atoms with E-state index in [1.807, 2.05) is 13.0 Å². The summed E-state index contributed by atoms with van der Waals surface area (Å²) in [5, 5.41) is 6.68. The zero-order valence-electron chi connectivity index (χ0n) is 15.2. The zero-order chi connectivity index (χ0) is 19.6. The number of carbonyl (C=O) groups excluding carboxylic acids is 3. The van der Waals surface area contributed by atoms with Crippen molar-refractivity contribution in [3.05, 3.63) is 33.8 Å². The van der Waals surface area contributed by atoms with Crippen molar-refractivity contribution in [2.75, 3.05) is 13.1 Å². The van der Waals surface area contributed by atoms with Gasteiger partial charge in [-0.3, -0.25) is 14.5 Å². The van der Waals surface area contributed by atoms with E-state index in [4.69, 9.17) is 23.2 Å². The number of hydrogen-bond acceptors (Lipinski definition) is 3. The third-order valence-corrected chi connectivity index (χ3v) is 6.12. The molecule has 8 heteroatoms. The number of rotatable bonds is 5. The first-order valence-electron chi connectivity index (χ1n) is 9.18. The summed E-state index contributed by atoms with van der Waals surface area (Å²) in [5.41, 5.74) is 0.0262. The van der Waals surface area contributed by atoms with Gasteiger partial charge in [-0.05, 0) is 42.9 Å². The SMILES string of the molecule is C[C@@H]1CCCC[C@@]12NC(=O)N(CC(=O)NCCc1ccc(Cl)cc1Cl)C2=O. The predicted octanol–water partition coefficient (Wildman–Crippen LogP) is 3.15. The van der Waals surface area contributed by atoms with Crippen LogP contribution in [-0.2, 0) is 16.0 Å². The van der Waals surface area contributed by atoms with Gasteiger partial charge in [0, 0.05) is 16.6 Å². The van der Waals surface area contributed by atoms with Gasteiger partial charge < -0.3 is 10.6 Å². The average Bonchev–Trinajstić information content (AvgIpc) is 2.84. The molecule has 1 aliphatic carbocycles. The maximum Gasteiger partial charge on any atom is 0.325 e. The van der Waals surface area contributed by atoms with Gasteiger partial charge in [0.1, 0.15) is 12.1 Å². The van der Waals surface area contributed by atoms with Crippen LogP contribution >= 0.6 is 23.2 Å².